The van der Waals surface area contributed by atoms with Crippen molar-refractivity contribution in [1.29, 1.82) is 0 Å². The number of nitrogens with zero attached hydrogens (tertiary/aromatic N) is 5. The highest BCUT2D eigenvalue weighted by molar-refractivity contribution is 7.89. The van der Waals surface area contributed by atoms with Crippen molar-refractivity contribution in [3.05, 3.63) is 81.8 Å². The van der Waals surface area contributed by atoms with Crippen molar-refractivity contribution in [2.24, 2.45) is 17.0 Å². The minimum Gasteiger partial charge on any atom is -0.411 e. The summed E-state index contributed by atoms with van der Waals surface area (Å²) in [6.45, 7) is 9.34. The Bertz CT molecular complexity index is 1780. The van der Waals surface area contributed by atoms with Crippen molar-refractivity contribution in [3.63, 3.8) is 0 Å². The third-order valence-electron chi connectivity index (χ3n) is 10.5. The van der Waals surface area contributed by atoms with Crippen molar-refractivity contribution < 1.29 is 28.3 Å². The van der Waals surface area contributed by atoms with E-state index in [0.29, 0.717) is 37.5 Å². The van der Waals surface area contributed by atoms with E-state index in [9.17, 15) is 23.1 Å². The number of aliphatic hydroxyl groups is 1. The van der Waals surface area contributed by atoms with Crippen molar-refractivity contribution in [1.82, 2.24) is 24.4 Å². The van der Waals surface area contributed by atoms with Gasteiger partial charge in [-0.15, -0.1) is 11.3 Å². The molecule has 1 aliphatic carbocycles. The van der Waals surface area contributed by atoms with Gasteiger partial charge in [-0.3, -0.25) is 4.79 Å². The summed E-state index contributed by atoms with van der Waals surface area (Å²) in [6, 6.07) is 13.7. The summed E-state index contributed by atoms with van der Waals surface area (Å²) >= 11 is 1.58. The lowest BCUT2D eigenvalue weighted by Gasteiger charge is -2.35. The van der Waals surface area contributed by atoms with Crippen LogP contribution in [0.5, 0.6) is 0 Å². The number of amides is 3. The highest BCUT2D eigenvalue weighted by Crippen LogP contribution is 2.29. The predicted molar refractivity (Wildman–Crippen MR) is 207 cm³/mol. The van der Waals surface area contributed by atoms with E-state index in [2.05, 4.69) is 24.3 Å². The Morgan fingerprint density at radius 3 is 2.42 bits per heavy atom. The van der Waals surface area contributed by atoms with Gasteiger partial charge in [-0.1, -0.05) is 94.6 Å². The van der Waals surface area contributed by atoms with Gasteiger partial charge in [0.15, 0.2) is 0 Å². The fraction of sp³-hybridized carbons (Fsp3) is 0.538. The Morgan fingerprint density at radius 2 is 1.79 bits per heavy atom. The fourth-order valence-electron chi connectivity index (χ4n) is 7.24. The molecular weight excluding hydrogens is 713 g/mol. The predicted octanol–water partition coefficient (Wildman–Crippen LogP) is 5.70. The molecule has 53 heavy (non-hydrogen) atoms. The monoisotopic (exact) mass is 766 g/mol. The number of hydrogen-bond acceptors (Lipinski definition) is 9. The van der Waals surface area contributed by atoms with Crippen LogP contribution >= 0.6 is 11.3 Å². The smallest absolute Gasteiger partial charge is 0.321 e. The highest BCUT2D eigenvalue weighted by Gasteiger charge is 2.41. The molecule has 1 aliphatic heterocycles. The number of carbonyl (C=O) groups is 2. The highest BCUT2D eigenvalue weighted by atomic mass is 32.2. The normalized spacial score (nSPS) is 18.0. The molecule has 2 aliphatic rings. The molecule has 2 aromatic carbocycles. The molecular formula is C39H54N6O6S2. The number of urea groups is 1. The van der Waals surface area contributed by atoms with Gasteiger partial charge in [-0.05, 0) is 54.4 Å². The van der Waals surface area contributed by atoms with Crippen LogP contribution in [0.25, 0.3) is 0 Å². The number of thiazole rings is 1. The summed E-state index contributed by atoms with van der Waals surface area (Å²) in [5.41, 5.74) is 2.24. The van der Waals surface area contributed by atoms with E-state index in [0.717, 1.165) is 41.9 Å². The minimum absolute atomic E-state index is 0.0634. The van der Waals surface area contributed by atoms with Gasteiger partial charge < -0.3 is 25.4 Å². The van der Waals surface area contributed by atoms with E-state index in [4.69, 9.17) is 10.2 Å². The molecule has 3 N–H and O–H groups in total. The zero-order valence-corrected chi connectivity index (χ0v) is 32.8. The molecule has 2 heterocycles. The van der Waals surface area contributed by atoms with Crippen molar-refractivity contribution in [2.75, 3.05) is 26.2 Å². The molecule has 0 radical (unpaired) electrons. The van der Waals surface area contributed by atoms with Gasteiger partial charge in [-0.25, -0.2) is 18.2 Å². The summed E-state index contributed by atoms with van der Waals surface area (Å²) in [7, 11) is -4.05. The number of hydrogen-bond donors (Lipinski definition) is 3. The summed E-state index contributed by atoms with van der Waals surface area (Å²) in [5, 5.41) is 30.0. The summed E-state index contributed by atoms with van der Waals surface area (Å²) in [5.74, 6) is -0.110. The molecule has 4 atom stereocenters. The molecule has 0 spiro atoms. The van der Waals surface area contributed by atoms with Crippen LogP contribution in [-0.2, 0) is 27.8 Å². The number of carbonyl (C=O) groups excluding carboxylic acids is 2. The van der Waals surface area contributed by atoms with Gasteiger partial charge in [-0.2, -0.15) is 4.31 Å². The Labute approximate surface area is 318 Å². The molecule has 3 aromatic rings. The zero-order chi connectivity index (χ0) is 38.1. The van der Waals surface area contributed by atoms with E-state index in [-0.39, 0.29) is 48.2 Å². The summed E-state index contributed by atoms with van der Waals surface area (Å²) in [6.07, 6.45) is 4.71. The first-order chi connectivity index (χ1) is 25.4. The van der Waals surface area contributed by atoms with Crippen LogP contribution in [0.15, 0.2) is 70.0 Å². The molecule has 2 fully saturated rings. The average molecular weight is 767 g/mol. The maximum atomic E-state index is 14.4. The second-order valence-corrected chi connectivity index (χ2v) is 17.5. The van der Waals surface area contributed by atoms with Crippen molar-refractivity contribution >= 4 is 39.5 Å². The number of sulfonamides is 1. The summed E-state index contributed by atoms with van der Waals surface area (Å²) < 4.78 is 29.7. The third-order valence-corrected chi connectivity index (χ3v) is 13.5. The Balaban J connectivity index is 1.38. The van der Waals surface area contributed by atoms with Gasteiger partial charge in [0.05, 0.1) is 40.5 Å². The molecule has 3 amide bonds. The average Bonchev–Trinajstić information content (AvgIpc) is 3.92. The first kappa shape index (κ1) is 40.3. The van der Waals surface area contributed by atoms with Gasteiger partial charge in [0.2, 0.25) is 15.9 Å². The van der Waals surface area contributed by atoms with E-state index in [1.807, 2.05) is 49.6 Å². The number of rotatable bonds is 18. The maximum absolute atomic E-state index is 14.4. The fourth-order valence-corrected chi connectivity index (χ4v) is 9.60. The van der Waals surface area contributed by atoms with E-state index in [1.165, 1.54) is 22.7 Å². The Morgan fingerprint density at radius 1 is 1.09 bits per heavy atom. The topological polar surface area (TPSA) is 156 Å². The van der Waals surface area contributed by atoms with Crippen LogP contribution in [0.2, 0.25) is 0 Å². The van der Waals surface area contributed by atoms with Crippen molar-refractivity contribution in [2.45, 2.75) is 102 Å². The van der Waals surface area contributed by atoms with Crippen LogP contribution in [0.1, 0.15) is 87.5 Å². The minimum atomic E-state index is -4.05. The SMILES string of the molecule is CCC(C)[C@@H](C(=O)N[C@@H](Cc1ccccc1)[C@H](O)CN(CC1CCCC1)S(=O)(=O)c1ccc(/C=N/O)cc1)N1CCN(Cc2csc(C(C)C)n2)C1=O. The second-order valence-electron chi connectivity index (χ2n) is 14.7. The molecule has 1 saturated carbocycles. The van der Waals surface area contributed by atoms with E-state index < -0.39 is 28.2 Å². The van der Waals surface area contributed by atoms with Gasteiger partial charge in [0.1, 0.15) is 6.04 Å². The van der Waals surface area contributed by atoms with Crippen LogP contribution in [-0.4, -0.2) is 100 Å². The lowest BCUT2D eigenvalue weighted by molar-refractivity contribution is -0.128. The van der Waals surface area contributed by atoms with Crippen LogP contribution in [0.3, 0.4) is 0 Å². The molecule has 1 saturated heterocycles. The zero-order valence-electron chi connectivity index (χ0n) is 31.2. The maximum Gasteiger partial charge on any atom is 0.321 e. The number of nitrogens with one attached hydrogen (secondary N) is 1. The van der Waals surface area contributed by atoms with E-state index >= 15 is 0 Å². The number of oxime groups is 1. The van der Waals surface area contributed by atoms with Crippen LogP contribution in [0, 0.1) is 11.8 Å². The Kier molecular flexibility index (Phi) is 14.0. The largest absolute Gasteiger partial charge is 0.411 e. The summed E-state index contributed by atoms with van der Waals surface area (Å²) in [4.78, 5) is 36.4. The van der Waals surface area contributed by atoms with Crippen LogP contribution in [0.4, 0.5) is 4.79 Å². The molecule has 5 rings (SSSR count). The van der Waals surface area contributed by atoms with Gasteiger partial charge in [0, 0.05) is 37.5 Å². The number of benzene rings is 2. The van der Waals surface area contributed by atoms with Crippen LogP contribution < -0.4 is 5.32 Å². The Hall–Kier alpha value is -3.85. The molecule has 14 heteroatoms. The van der Waals surface area contributed by atoms with Crippen molar-refractivity contribution in [3.8, 4) is 0 Å². The van der Waals surface area contributed by atoms with Gasteiger partial charge >= 0.3 is 6.03 Å². The number of aromatic nitrogens is 1. The molecule has 1 unspecified atom stereocenters. The standard InChI is InChI=1S/C39H54N6O6S2/c1-5-28(4)36(45-20-19-43(39(45)48)24-32-26-52-38(41-32)27(2)3)37(47)42-34(21-29-11-7-6-8-12-29)35(46)25-44(23-31-13-9-10-14-31)53(50,51)33-17-15-30(16-18-33)22-40-49/h6-8,11-12,15-18,22,26-28,31,34-36,46,49H,5,9-10,13-14,19-21,23-25H2,1-4H3,(H,42,47)/b40-22+/t28?,34-,35+,36-/m0/s1. The first-order valence-electron chi connectivity index (χ1n) is 18.7. The molecule has 12 nitrogen and oxygen atoms in total. The van der Waals surface area contributed by atoms with Gasteiger partial charge in [0.25, 0.3) is 0 Å². The molecule has 1 aromatic heterocycles. The third kappa shape index (κ3) is 10.2. The first-order valence-corrected chi connectivity index (χ1v) is 21.0. The number of aliphatic hydroxyl groups excluding tert-OH is 1. The van der Waals surface area contributed by atoms with E-state index in [1.54, 1.807) is 33.3 Å². The lowest BCUT2D eigenvalue weighted by atomic mass is 9.95. The quantitative estimate of drug-likeness (QED) is 0.0853. The molecule has 0 bridgehead atoms. The second kappa shape index (κ2) is 18.5. The lowest BCUT2D eigenvalue weighted by Crippen LogP contribution is -2.57. The molecule has 288 valence electrons.